The van der Waals surface area contributed by atoms with Crippen molar-refractivity contribution in [2.45, 2.75) is 64.2 Å². The number of aliphatic imine (C=N–C) groups is 1. The molecule has 2 aliphatic rings. The fraction of sp³-hybridized carbons (Fsp3) is 0.571. The monoisotopic (exact) mass is 323 g/mol. The lowest BCUT2D eigenvalue weighted by molar-refractivity contribution is 0.473. The highest BCUT2D eigenvalue weighted by Gasteiger charge is 2.20. The van der Waals surface area contributed by atoms with E-state index in [1.54, 1.807) is 0 Å². The molecule has 4 rings (SSSR count). The van der Waals surface area contributed by atoms with Gasteiger partial charge < -0.3 is 9.97 Å². The number of rotatable bonds is 4. The Labute approximate surface area is 145 Å². The Kier molecular flexibility index (Phi) is 4.86. The fourth-order valence-corrected chi connectivity index (χ4v) is 4.43. The number of nitrogens with zero attached hydrogens (tertiary/aromatic N) is 1. The third kappa shape index (κ3) is 3.35. The first-order valence-corrected chi connectivity index (χ1v) is 9.79. The minimum absolute atomic E-state index is 0.803. The van der Waals surface area contributed by atoms with Gasteiger partial charge in [0.05, 0.1) is 17.1 Å². The molecule has 2 aliphatic carbocycles. The first-order chi connectivity index (χ1) is 11.9. The number of aromatic amines is 2. The molecule has 0 aromatic carbocycles. The van der Waals surface area contributed by atoms with Crippen molar-refractivity contribution >= 4 is 6.21 Å². The molecule has 2 aromatic rings. The Morgan fingerprint density at radius 1 is 1.00 bits per heavy atom. The van der Waals surface area contributed by atoms with Crippen LogP contribution in [-0.2, 0) is 12.8 Å². The van der Waals surface area contributed by atoms with Crippen LogP contribution in [0.5, 0.6) is 0 Å². The lowest BCUT2D eigenvalue weighted by Crippen LogP contribution is -2.05. The Balaban J connectivity index is 1.53. The van der Waals surface area contributed by atoms with Crippen LogP contribution in [0.2, 0.25) is 0 Å². The van der Waals surface area contributed by atoms with Crippen molar-refractivity contribution in [2.75, 3.05) is 6.54 Å². The molecule has 0 saturated heterocycles. The summed E-state index contributed by atoms with van der Waals surface area (Å²) in [7, 11) is 0. The van der Waals surface area contributed by atoms with Crippen LogP contribution < -0.4 is 0 Å². The molecular weight excluding hydrogens is 294 g/mol. The van der Waals surface area contributed by atoms with Gasteiger partial charge in [-0.15, -0.1) is 0 Å². The van der Waals surface area contributed by atoms with Gasteiger partial charge in [-0.3, -0.25) is 4.99 Å². The summed E-state index contributed by atoms with van der Waals surface area (Å²) in [5.41, 5.74) is 6.76. The van der Waals surface area contributed by atoms with Gasteiger partial charge in [-0.1, -0.05) is 25.7 Å². The summed E-state index contributed by atoms with van der Waals surface area (Å²) in [6.45, 7) is 1.01. The van der Waals surface area contributed by atoms with E-state index in [0.717, 1.165) is 12.5 Å². The SMILES string of the molecule is C(=NCC1CCCCCC1)c1[nH]c(-c2ccc[nH]2)c2c1CCCC2. The molecule has 3 nitrogen and oxygen atoms in total. The molecule has 1 fully saturated rings. The van der Waals surface area contributed by atoms with Gasteiger partial charge in [0.15, 0.2) is 0 Å². The number of fused-ring (bicyclic) bond motifs is 1. The van der Waals surface area contributed by atoms with E-state index in [0.29, 0.717) is 0 Å². The molecule has 0 bridgehead atoms. The van der Waals surface area contributed by atoms with Gasteiger partial charge in [0, 0.05) is 19.0 Å². The third-order valence-electron chi connectivity index (χ3n) is 5.78. The molecule has 1 saturated carbocycles. The van der Waals surface area contributed by atoms with Crippen LogP contribution in [-0.4, -0.2) is 22.7 Å². The quantitative estimate of drug-likeness (QED) is 0.568. The summed E-state index contributed by atoms with van der Waals surface area (Å²) in [6.07, 6.45) is 17.5. The second kappa shape index (κ2) is 7.42. The third-order valence-corrected chi connectivity index (χ3v) is 5.78. The predicted molar refractivity (Wildman–Crippen MR) is 101 cm³/mol. The molecule has 0 aliphatic heterocycles. The van der Waals surface area contributed by atoms with Crippen molar-refractivity contribution in [3.63, 3.8) is 0 Å². The molecule has 0 radical (unpaired) electrons. The fourth-order valence-electron chi connectivity index (χ4n) is 4.43. The van der Waals surface area contributed by atoms with Crippen molar-refractivity contribution in [1.29, 1.82) is 0 Å². The molecule has 0 atom stereocenters. The van der Waals surface area contributed by atoms with Crippen molar-refractivity contribution < 1.29 is 0 Å². The second-order valence-corrected chi connectivity index (χ2v) is 7.51. The first-order valence-electron chi connectivity index (χ1n) is 9.79. The molecule has 2 heterocycles. The summed E-state index contributed by atoms with van der Waals surface area (Å²) in [5, 5.41) is 0. The van der Waals surface area contributed by atoms with Gasteiger partial charge in [0.25, 0.3) is 0 Å². The van der Waals surface area contributed by atoms with E-state index in [1.165, 1.54) is 92.4 Å². The zero-order valence-corrected chi connectivity index (χ0v) is 14.6. The number of H-pyrrole nitrogens is 2. The molecule has 0 amide bonds. The molecular formula is C21H29N3. The zero-order valence-electron chi connectivity index (χ0n) is 14.6. The highest BCUT2D eigenvalue weighted by molar-refractivity contribution is 5.83. The number of hydrogen-bond acceptors (Lipinski definition) is 1. The van der Waals surface area contributed by atoms with E-state index in [2.05, 4.69) is 28.3 Å². The molecule has 24 heavy (non-hydrogen) atoms. The van der Waals surface area contributed by atoms with Crippen LogP contribution in [0.1, 0.15) is 68.2 Å². The van der Waals surface area contributed by atoms with Crippen molar-refractivity contribution in [3.8, 4) is 11.4 Å². The molecule has 3 heteroatoms. The van der Waals surface area contributed by atoms with Gasteiger partial charge in [0.2, 0.25) is 0 Å². The maximum Gasteiger partial charge on any atom is 0.0659 e. The maximum absolute atomic E-state index is 4.84. The molecule has 2 aromatic heterocycles. The van der Waals surface area contributed by atoms with E-state index in [4.69, 9.17) is 4.99 Å². The van der Waals surface area contributed by atoms with Crippen LogP contribution in [0.25, 0.3) is 11.4 Å². The van der Waals surface area contributed by atoms with Crippen LogP contribution in [0, 0.1) is 5.92 Å². The predicted octanol–water partition coefficient (Wildman–Crippen LogP) is 5.28. The Bertz CT molecular complexity index is 670. The van der Waals surface area contributed by atoms with Gasteiger partial charge >= 0.3 is 0 Å². The largest absolute Gasteiger partial charge is 0.360 e. The topological polar surface area (TPSA) is 43.9 Å². The molecule has 0 unspecified atom stereocenters. The summed E-state index contributed by atoms with van der Waals surface area (Å²) in [6, 6.07) is 4.23. The number of nitrogens with one attached hydrogen (secondary N) is 2. The minimum atomic E-state index is 0.803. The van der Waals surface area contributed by atoms with Crippen LogP contribution in [0.3, 0.4) is 0 Å². The Morgan fingerprint density at radius 3 is 2.54 bits per heavy atom. The molecule has 0 spiro atoms. The standard InChI is InChI=1S/C21H29N3/c1-2-4-9-16(8-3-1)14-22-15-20-17-10-5-6-11-18(17)21(24-20)19-12-7-13-23-19/h7,12-13,15-16,23-24H,1-6,8-11,14H2. The van der Waals surface area contributed by atoms with Crippen molar-refractivity contribution in [1.82, 2.24) is 9.97 Å². The average Bonchev–Trinajstić information content (AvgIpc) is 3.18. The smallest absolute Gasteiger partial charge is 0.0659 e. The summed E-state index contributed by atoms with van der Waals surface area (Å²) in [4.78, 5) is 11.9. The highest BCUT2D eigenvalue weighted by atomic mass is 14.8. The van der Waals surface area contributed by atoms with Gasteiger partial charge in [-0.2, -0.15) is 0 Å². The highest BCUT2D eigenvalue weighted by Crippen LogP contribution is 2.32. The van der Waals surface area contributed by atoms with Crippen molar-refractivity contribution in [3.05, 3.63) is 35.2 Å². The van der Waals surface area contributed by atoms with Crippen LogP contribution >= 0.6 is 0 Å². The van der Waals surface area contributed by atoms with E-state index < -0.39 is 0 Å². The second-order valence-electron chi connectivity index (χ2n) is 7.51. The summed E-state index contributed by atoms with van der Waals surface area (Å²) >= 11 is 0. The lowest BCUT2D eigenvalue weighted by atomic mass is 9.91. The van der Waals surface area contributed by atoms with Crippen LogP contribution in [0.15, 0.2) is 23.3 Å². The summed E-state index contributed by atoms with van der Waals surface area (Å²) < 4.78 is 0. The number of hydrogen-bond donors (Lipinski definition) is 2. The Hall–Kier alpha value is -1.77. The molecule has 128 valence electrons. The van der Waals surface area contributed by atoms with E-state index >= 15 is 0 Å². The zero-order chi connectivity index (χ0) is 16.2. The summed E-state index contributed by atoms with van der Waals surface area (Å²) in [5.74, 6) is 0.803. The van der Waals surface area contributed by atoms with Gasteiger partial charge in [0.1, 0.15) is 0 Å². The van der Waals surface area contributed by atoms with Gasteiger partial charge in [-0.25, -0.2) is 0 Å². The first kappa shape index (κ1) is 15.7. The van der Waals surface area contributed by atoms with E-state index in [9.17, 15) is 0 Å². The minimum Gasteiger partial charge on any atom is -0.360 e. The Morgan fingerprint density at radius 2 is 1.79 bits per heavy atom. The van der Waals surface area contributed by atoms with E-state index in [1.807, 2.05) is 6.20 Å². The van der Waals surface area contributed by atoms with E-state index in [-0.39, 0.29) is 0 Å². The average molecular weight is 323 g/mol. The van der Waals surface area contributed by atoms with Crippen LogP contribution in [0.4, 0.5) is 0 Å². The maximum atomic E-state index is 4.84. The van der Waals surface area contributed by atoms with Gasteiger partial charge in [-0.05, 0) is 67.7 Å². The number of aromatic nitrogens is 2. The molecule has 2 N–H and O–H groups in total. The lowest BCUT2D eigenvalue weighted by Gasteiger charge is -2.13. The van der Waals surface area contributed by atoms with Crippen molar-refractivity contribution in [2.24, 2.45) is 10.9 Å². The normalized spacial score (nSPS) is 19.5.